The Morgan fingerprint density at radius 3 is 2.55 bits per heavy atom. The Hall–Kier alpha value is -5.17. The van der Waals surface area contributed by atoms with E-state index in [9.17, 15) is 9.59 Å². The zero-order chi connectivity index (χ0) is 37.1. The van der Waals surface area contributed by atoms with Gasteiger partial charge >= 0.3 is 6.09 Å². The lowest BCUT2D eigenvalue weighted by Crippen LogP contribution is -2.39. The lowest BCUT2D eigenvalue weighted by atomic mass is 9.93. The van der Waals surface area contributed by atoms with E-state index in [2.05, 4.69) is 45.1 Å². The van der Waals surface area contributed by atoms with Crippen LogP contribution in [0.25, 0.3) is 33.5 Å². The van der Waals surface area contributed by atoms with Gasteiger partial charge in [0.05, 0.1) is 18.3 Å². The zero-order valence-electron chi connectivity index (χ0n) is 31.3. The number of hydrogen-bond donors (Lipinski definition) is 1. The van der Waals surface area contributed by atoms with Gasteiger partial charge in [0, 0.05) is 68.4 Å². The third-order valence-corrected chi connectivity index (χ3v) is 10.2. The number of aromatic nitrogens is 7. The van der Waals surface area contributed by atoms with Crippen molar-refractivity contribution in [3.8, 4) is 22.6 Å². The number of amides is 2. The van der Waals surface area contributed by atoms with Gasteiger partial charge in [-0.2, -0.15) is 5.10 Å². The molecule has 0 bridgehead atoms. The molecule has 0 saturated carbocycles. The lowest BCUT2D eigenvalue weighted by Gasteiger charge is -2.31. The van der Waals surface area contributed by atoms with Crippen LogP contribution in [-0.2, 0) is 22.4 Å². The van der Waals surface area contributed by atoms with E-state index in [-0.39, 0.29) is 18.2 Å². The van der Waals surface area contributed by atoms with Crippen molar-refractivity contribution in [2.45, 2.75) is 91.5 Å². The quantitative estimate of drug-likeness (QED) is 0.168. The molecule has 2 fully saturated rings. The van der Waals surface area contributed by atoms with Gasteiger partial charge in [0.15, 0.2) is 12.1 Å². The van der Waals surface area contributed by atoms with E-state index in [0.717, 1.165) is 77.5 Å². The summed E-state index contributed by atoms with van der Waals surface area (Å²) in [6, 6.07) is 8.09. The highest BCUT2D eigenvalue weighted by Gasteiger charge is 2.28. The van der Waals surface area contributed by atoms with Gasteiger partial charge in [0.25, 0.3) is 5.91 Å². The predicted octanol–water partition coefficient (Wildman–Crippen LogP) is 7.14. The van der Waals surface area contributed by atoms with Crippen LogP contribution in [0.1, 0.15) is 93.5 Å². The van der Waals surface area contributed by atoms with Crippen molar-refractivity contribution < 1.29 is 19.1 Å². The van der Waals surface area contributed by atoms with Gasteiger partial charge in [-0.15, -0.1) is 0 Å². The highest BCUT2D eigenvalue weighted by atomic mass is 16.6. The number of nitrogens with zero attached hydrogens (tertiary/aromatic N) is 8. The van der Waals surface area contributed by atoms with E-state index in [1.807, 2.05) is 55.7 Å². The first kappa shape index (κ1) is 36.2. The molecule has 2 aliphatic rings. The van der Waals surface area contributed by atoms with E-state index in [1.54, 1.807) is 23.5 Å². The van der Waals surface area contributed by atoms with Gasteiger partial charge in [-0.1, -0.05) is 6.07 Å². The van der Waals surface area contributed by atoms with Gasteiger partial charge in [-0.3, -0.25) is 9.78 Å². The van der Waals surface area contributed by atoms with E-state index in [4.69, 9.17) is 19.6 Å². The summed E-state index contributed by atoms with van der Waals surface area (Å²) in [6.45, 7) is 12.5. The van der Waals surface area contributed by atoms with Crippen LogP contribution >= 0.6 is 0 Å². The molecule has 278 valence electrons. The van der Waals surface area contributed by atoms with Crippen LogP contribution in [0.2, 0.25) is 0 Å². The minimum absolute atomic E-state index is 0.0655. The van der Waals surface area contributed by atoms with Crippen LogP contribution in [0, 0.1) is 12.8 Å². The van der Waals surface area contributed by atoms with Crippen LogP contribution in [0.4, 0.5) is 4.79 Å². The molecule has 6 heterocycles. The maximum Gasteiger partial charge on any atom is 0.410 e. The van der Waals surface area contributed by atoms with Gasteiger partial charge in [0.2, 0.25) is 0 Å². The largest absolute Gasteiger partial charge is 0.444 e. The van der Waals surface area contributed by atoms with Crippen molar-refractivity contribution >= 4 is 22.9 Å². The monoisotopic (exact) mass is 719 g/mol. The topological polar surface area (TPSA) is 144 Å². The summed E-state index contributed by atoms with van der Waals surface area (Å²) >= 11 is 0. The maximum atomic E-state index is 13.7. The summed E-state index contributed by atoms with van der Waals surface area (Å²) in [5.74, 6) is 1.76. The fourth-order valence-corrected chi connectivity index (χ4v) is 7.23. The number of rotatable bonds is 9. The number of likely N-dealkylation sites (tertiary alicyclic amines) is 1. The SMILES string of the molecule is CCN(Cc1cncc(-c2ccc3c(c2)c(-c2ncc(C(=O)N4CCC(Cc5ncccn5)CC4)[nH]2)nn3C2CCCCO2)c1C)C(=O)OC(C)(C)C. The fourth-order valence-electron chi connectivity index (χ4n) is 7.23. The Balaban J connectivity index is 1.16. The number of pyridine rings is 1. The van der Waals surface area contributed by atoms with Crippen LogP contribution in [0.15, 0.2) is 55.2 Å². The number of carbonyl (C=O) groups is 2. The van der Waals surface area contributed by atoms with Crippen molar-refractivity contribution in [3.63, 3.8) is 0 Å². The molecule has 0 radical (unpaired) electrons. The molecule has 7 rings (SSSR count). The standard InChI is InChI=1S/C40H49N9O4/c1-6-47(39(51)53-40(3,4)5)25-29-22-41-23-31(26(29)2)28-11-12-33-30(21-28)36(46-49(33)35-10-7-8-19-52-35)37-44-24-32(45-37)38(50)48-17-13-27(14-18-48)20-34-42-15-9-16-43-34/h9,11-12,15-16,21-24,27,35H,6-8,10,13-14,17-20,25H2,1-5H3,(H,44,45). The van der Waals surface area contributed by atoms with E-state index in [0.29, 0.717) is 55.9 Å². The van der Waals surface area contributed by atoms with Crippen molar-refractivity contribution in [2.24, 2.45) is 5.92 Å². The zero-order valence-corrected chi connectivity index (χ0v) is 31.3. The third kappa shape index (κ3) is 8.09. The van der Waals surface area contributed by atoms with E-state index >= 15 is 0 Å². The number of piperidine rings is 1. The summed E-state index contributed by atoms with van der Waals surface area (Å²) in [7, 11) is 0. The van der Waals surface area contributed by atoms with E-state index < -0.39 is 5.60 Å². The Labute approximate surface area is 310 Å². The molecule has 2 aliphatic heterocycles. The molecule has 4 aromatic heterocycles. The third-order valence-electron chi connectivity index (χ3n) is 10.2. The molecule has 13 heteroatoms. The number of ether oxygens (including phenoxy) is 2. The Kier molecular flexibility index (Phi) is 10.5. The Morgan fingerprint density at radius 1 is 1.04 bits per heavy atom. The molecule has 1 unspecified atom stereocenters. The second kappa shape index (κ2) is 15.4. The van der Waals surface area contributed by atoms with Gasteiger partial charge < -0.3 is 24.3 Å². The van der Waals surface area contributed by atoms with E-state index in [1.165, 1.54) is 0 Å². The smallest absolute Gasteiger partial charge is 0.410 e. The molecule has 2 saturated heterocycles. The average Bonchev–Trinajstić information content (AvgIpc) is 3.80. The highest BCUT2D eigenvalue weighted by Crippen LogP contribution is 2.36. The van der Waals surface area contributed by atoms with Crippen LogP contribution in [0.3, 0.4) is 0 Å². The number of benzene rings is 1. The average molecular weight is 720 g/mol. The first-order chi connectivity index (χ1) is 25.6. The number of fused-ring (bicyclic) bond motifs is 1. The first-order valence-corrected chi connectivity index (χ1v) is 18.7. The molecule has 13 nitrogen and oxygen atoms in total. The second-order valence-electron chi connectivity index (χ2n) is 15.1. The molecule has 53 heavy (non-hydrogen) atoms. The molecule has 5 aromatic rings. The predicted molar refractivity (Wildman–Crippen MR) is 201 cm³/mol. The first-order valence-electron chi connectivity index (χ1n) is 18.7. The second-order valence-corrected chi connectivity index (χ2v) is 15.1. The molecule has 0 aliphatic carbocycles. The van der Waals surface area contributed by atoms with Crippen LogP contribution in [0.5, 0.6) is 0 Å². The van der Waals surface area contributed by atoms with Crippen molar-refractivity contribution in [2.75, 3.05) is 26.2 Å². The minimum atomic E-state index is -0.585. The van der Waals surface area contributed by atoms with Crippen molar-refractivity contribution in [1.82, 2.24) is 44.5 Å². The number of imidazole rings is 1. The fraction of sp³-hybridized carbons (Fsp3) is 0.475. The molecule has 1 N–H and O–H groups in total. The van der Waals surface area contributed by atoms with Crippen molar-refractivity contribution in [3.05, 3.63) is 77.9 Å². The summed E-state index contributed by atoms with van der Waals surface area (Å²) in [5.41, 5.74) is 5.31. The lowest BCUT2D eigenvalue weighted by molar-refractivity contribution is -0.0365. The molecule has 0 spiro atoms. The number of carbonyl (C=O) groups excluding carboxylic acids is 2. The number of H-pyrrole nitrogens is 1. The number of hydrogen-bond acceptors (Lipinski definition) is 9. The Bertz CT molecular complexity index is 2060. The van der Waals surface area contributed by atoms with Gasteiger partial charge in [-0.05, 0) is 108 Å². The van der Waals surface area contributed by atoms with Gasteiger partial charge in [-0.25, -0.2) is 24.4 Å². The number of aromatic amines is 1. The van der Waals surface area contributed by atoms with Crippen molar-refractivity contribution in [1.29, 1.82) is 0 Å². The summed E-state index contributed by atoms with van der Waals surface area (Å²) in [6.07, 6.45) is 13.9. The maximum absolute atomic E-state index is 13.7. The summed E-state index contributed by atoms with van der Waals surface area (Å²) < 4.78 is 13.8. The molecule has 1 atom stereocenters. The summed E-state index contributed by atoms with van der Waals surface area (Å²) in [5, 5.41) is 5.97. The van der Waals surface area contributed by atoms with Crippen LogP contribution in [-0.4, -0.2) is 88.3 Å². The van der Waals surface area contributed by atoms with Crippen LogP contribution < -0.4 is 0 Å². The molecule has 1 aromatic carbocycles. The Morgan fingerprint density at radius 2 is 1.83 bits per heavy atom. The van der Waals surface area contributed by atoms with Gasteiger partial charge in [0.1, 0.15) is 22.8 Å². The number of nitrogens with one attached hydrogen (secondary N) is 1. The molecular formula is C40H49N9O4. The molecule has 2 amide bonds. The highest BCUT2D eigenvalue weighted by molar-refractivity contribution is 5.97. The minimum Gasteiger partial charge on any atom is -0.444 e. The summed E-state index contributed by atoms with van der Waals surface area (Å²) in [4.78, 5) is 51.6. The normalized spacial score (nSPS) is 16.9. The molecular weight excluding hydrogens is 670 g/mol.